The third-order valence-electron chi connectivity index (χ3n) is 4.36. The predicted molar refractivity (Wildman–Crippen MR) is 120 cm³/mol. The third kappa shape index (κ3) is 7.77. The Labute approximate surface area is 183 Å². The predicted octanol–water partition coefficient (Wildman–Crippen LogP) is 3.76. The van der Waals surface area contributed by atoms with E-state index in [1.165, 1.54) is 11.8 Å². The summed E-state index contributed by atoms with van der Waals surface area (Å²) in [6.45, 7) is 10.1. The quantitative estimate of drug-likeness (QED) is 0.375. The summed E-state index contributed by atoms with van der Waals surface area (Å²) < 4.78 is 15.9. The molecule has 0 unspecified atom stereocenters. The molecule has 0 saturated carbocycles. The van der Waals surface area contributed by atoms with Gasteiger partial charge in [0.25, 0.3) is 5.91 Å². The molecule has 1 amide bonds. The molecule has 7 nitrogen and oxygen atoms in total. The fraction of sp³-hybridized carbons (Fsp3) is 0.375. The van der Waals surface area contributed by atoms with Crippen molar-refractivity contribution in [2.75, 3.05) is 19.8 Å². The molecular weight excluding hydrogens is 396 g/mol. The summed E-state index contributed by atoms with van der Waals surface area (Å²) in [5.74, 6) is 0.273. The van der Waals surface area contributed by atoms with Gasteiger partial charge in [-0.2, -0.15) is 5.10 Å². The van der Waals surface area contributed by atoms with E-state index in [1.54, 1.807) is 31.2 Å². The van der Waals surface area contributed by atoms with Gasteiger partial charge in [0.2, 0.25) is 0 Å². The van der Waals surface area contributed by atoms with E-state index >= 15 is 0 Å². The zero-order chi connectivity index (χ0) is 22.9. The fourth-order valence-corrected chi connectivity index (χ4v) is 2.69. The normalized spacial score (nSPS) is 11.3. The summed E-state index contributed by atoms with van der Waals surface area (Å²) in [6, 6.07) is 13.0. The second-order valence-corrected chi connectivity index (χ2v) is 7.94. The summed E-state index contributed by atoms with van der Waals surface area (Å²) in [5.41, 5.74) is 5.26. The van der Waals surface area contributed by atoms with Crippen LogP contribution in [0.4, 0.5) is 0 Å². The van der Waals surface area contributed by atoms with E-state index in [1.807, 2.05) is 19.1 Å². The zero-order valence-corrected chi connectivity index (χ0v) is 18.7. The largest absolute Gasteiger partial charge is 0.483 e. The number of nitrogens with zero attached hydrogens (tertiary/aromatic N) is 1. The van der Waals surface area contributed by atoms with Crippen LogP contribution in [-0.2, 0) is 19.7 Å². The van der Waals surface area contributed by atoms with Gasteiger partial charge in [0.1, 0.15) is 11.5 Å². The smallest absolute Gasteiger partial charge is 0.344 e. The Kier molecular flexibility index (Phi) is 8.61. The average molecular weight is 427 g/mol. The number of aryl methyl sites for hydroxylation is 1. The molecule has 31 heavy (non-hydrogen) atoms. The van der Waals surface area contributed by atoms with Crippen molar-refractivity contribution in [3.63, 3.8) is 0 Å². The van der Waals surface area contributed by atoms with Crippen LogP contribution in [0.5, 0.6) is 11.5 Å². The first-order chi connectivity index (χ1) is 14.7. The lowest BCUT2D eigenvalue weighted by Crippen LogP contribution is -2.25. The summed E-state index contributed by atoms with van der Waals surface area (Å²) >= 11 is 0. The minimum Gasteiger partial charge on any atom is -0.483 e. The number of ether oxygens (including phenoxy) is 3. The number of nitrogens with one attached hydrogen (secondary N) is 1. The van der Waals surface area contributed by atoms with Gasteiger partial charge in [0.05, 0.1) is 12.8 Å². The molecular formula is C24H30N2O5. The molecule has 0 aromatic heterocycles. The maximum Gasteiger partial charge on any atom is 0.344 e. The molecule has 0 bridgehead atoms. The van der Waals surface area contributed by atoms with Gasteiger partial charge in [-0.3, -0.25) is 4.79 Å². The van der Waals surface area contributed by atoms with Crippen molar-refractivity contribution in [3.8, 4) is 11.5 Å². The number of rotatable bonds is 9. The van der Waals surface area contributed by atoms with E-state index in [2.05, 4.69) is 37.4 Å². The van der Waals surface area contributed by atoms with Gasteiger partial charge in [0.15, 0.2) is 13.2 Å². The molecule has 2 rings (SSSR count). The minimum atomic E-state index is -0.453. The van der Waals surface area contributed by atoms with Crippen LogP contribution in [0.25, 0.3) is 0 Å². The topological polar surface area (TPSA) is 86.2 Å². The van der Waals surface area contributed by atoms with Gasteiger partial charge in [-0.1, -0.05) is 45.0 Å². The number of benzene rings is 2. The van der Waals surface area contributed by atoms with Gasteiger partial charge in [0, 0.05) is 5.56 Å². The molecule has 0 aliphatic heterocycles. The molecule has 0 saturated heterocycles. The third-order valence-corrected chi connectivity index (χ3v) is 4.36. The average Bonchev–Trinajstić information content (AvgIpc) is 2.71. The number of hydrazone groups is 1. The molecule has 0 fully saturated rings. The van der Waals surface area contributed by atoms with E-state index in [-0.39, 0.29) is 24.5 Å². The fourth-order valence-electron chi connectivity index (χ4n) is 2.69. The van der Waals surface area contributed by atoms with Crippen molar-refractivity contribution in [3.05, 3.63) is 59.2 Å². The standard InChI is InChI=1S/C24H30N2O5/c1-6-29-23(28)16-31-21-10-8-7-9-18(21)14-25-26-22(27)15-30-20-12-11-19(13-17(20)2)24(3,4)5/h7-14H,6,15-16H2,1-5H3,(H,26,27)/b25-14+. The summed E-state index contributed by atoms with van der Waals surface area (Å²) in [7, 11) is 0. The van der Waals surface area contributed by atoms with Crippen molar-refractivity contribution in [2.24, 2.45) is 5.10 Å². The first kappa shape index (κ1) is 23.9. The van der Waals surface area contributed by atoms with Gasteiger partial charge < -0.3 is 14.2 Å². The highest BCUT2D eigenvalue weighted by Crippen LogP contribution is 2.27. The van der Waals surface area contributed by atoms with Crippen molar-refractivity contribution >= 4 is 18.1 Å². The summed E-state index contributed by atoms with van der Waals surface area (Å²) in [6.07, 6.45) is 1.45. The number of carbonyl (C=O) groups excluding carboxylic acids is 2. The molecule has 2 aromatic carbocycles. The first-order valence-corrected chi connectivity index (χ1v) is 10.1. The van der Waals surface area contributed by atoms with Crippen molar-refractivity contribution < 1.29 is 23.8 Å². The molecule has 2 aromatic rings. The lowest BCUT2D eigenvalue weighted by molar-refractivity contribution is -0.145. The monoisotopic (exact) mass is 426 g/mol. The molecule has 0 radical (unpaired) electrons. The summed E-state index contributed by atoms with van der Waals surface area (Å²) in [5, 5.41) is 3.95. The van der Waals surface area contributed by atoms with Crippen LogP contribution in [0, 0.1) is 6.92 Å². The van der Waals surface area contributed by atoms with Crippen LogP contribution in [-0.4, -0.2) is 37.9 Å². The molecule has 0 heterocycles. The maximum atomic E-state index is 12.1. The van der Waals surface area contributed by atoms with Gasteiger partial charge >= 0.3 is 5.97 Å². The van der Waals surface area contributed by atoms with Crippen LogP contribution in [0.1, 0.15) is 44.4 Å². The Morgan fingerprint density at radius 2 is 1.74 bits per heavy atom. The number of amides is 1. The second kappa shape index (κ2) is 11.2. The Hall–Kier alpha value is -3.35. The minimum absolute atomic E-state index is 0.0473. The Morgan fingerprint density at radius 3 is 2.42 bits per heavy atom. The van der Waals surface area contributed by atoms with E-state index in [4.69, 9.17) is 14.2 Å². The number of hydrogen-bond acceptors (Lipinski definition) is 6. The van der Waals surface area contributed by atoms with E-state index in [0.29, 0.717) is 23.7 Å². The maximum absolute atomic E-state index is 12.1. The molecule has 0 aliphatic carbocycles. The highest BCUT2D eigenvalue weighted by Gasteiger charge is 2.15. The van der Waals surface area contributed by atoms with E-state index in [9.17, 15) is 9.59 Å². The SMILES string of the molecule is CCOC(=O)COc1ccccc1/C=N/NC(=O)COc1ccc(C(C)(C)C)cc1C. The molecule has 7 heteroatoms. The van der Waals surface area contributed by atoms with E-state index in [0.717, 1.165) is 5.56 Å². The van der Waals surface area contributed by atoms with Crippen LogP contribution in [0.15, 0.2) is 47.6 Å². The van der Waals surface area contributed by atoms with Crippen LogP contribution in [0.2, 0.25) is 0 Å². The highest BCUT2D eigenvalue weighted by atomic mass is 16.6. The Bertz CT molecular complexity index is 932. The van der Waals surface area contributed by atoms with Crippen LogP contribution in [0.3, 0.4) is 0 Å². The van der Waals surface area contributed by atoms with Crippen molar-refractivity contribution in [1.29, 1.82) is 0 Å². The number of hydrogen-bond donors (Lipinski definition) is 1. The lowest BCUT2D eigenvalue weighted by atomic mass is 9.86. The number of carbonyl (C=O) groups is 2. The van der Waals surface area contributed by atoms with Crippen LogP contribution < -0.4 is 14.9 Å². The number of para-hydroxylation sites is 1. The van der Waals surface area contributed by atoms with Gasteiger partial charge in [-0.05, 0) is 48.6 Å². The first-order valence-electron chi connectivity index (χ1n) is 10.1. The molecule has 0 atom stereocenters. The zero-order valence-electron chi connectivity index (χ0n) is 18.7. The Balaban J connectivity index is 1.88. The van der Waals surface area contributed by atoms with Crippen LogP contribution >= 0.6 is 0 Å². The molecule has 1 N–H and O–H groups in total. The van der Waals surface area contributed by atoms with Gasteiger partial charge in [-0.25, -0.2) is 10.2 Å². The lowest BCUT2D eigenvalue weighted by Gasteiger charge is -2.20. The Morgan fingerprint density at radius 1 is 1.03 bits per heavy atom. The van der Waals surface area contributed by atoms with Crippen molar-refractivity contribution in [2.45, 2.75) is 40.0 Å². The van der Waals surface area contributed by atoms with Gasteiger partial charge in [-0.15, -0.1) is 0 Å². The molecule has 166 valence electrons. The second-order valence-electron chi connectivity index (χ2n) is 7.94. The van der Waals surface area contributed by atoms with E-state index < -0.39 is 5.97 Å². The highest BCUT2D eigenvalue weighted by molar-refractivity contribution is 5.85. The summed E-state index contributed by atoms with van der Waals surface area (Å²) in [4.78, 5) is 23.5. The molecule has 0 spiro atoms. The van der Waals surface area contributed by atoms with Crippen molar-refractivity contribution in [1.82, 2.24) is 5.43 Å². The number of esters is 1. The molecule has 0 aliphatic rings.